The molecule has 1 fully saturated rings. The first-order valence-corrected chi connectivity index (χ1v) is 10.5. The van der Waals surface area contributed by atoms with Gasteiger partial charge in [-0.15, -0.1) is 0 Å². The van der Waals surface area contributed by atoms with Crippen LogP contribution in [0.25, 0.3) is 0 Å². The minimum absolute atomic E-state index is 0.0243. The number of nitrogens with one attached hydrogen (secondary N) is 2. The van der Waals surface area contributed by atoms with Gasteiger partial charge in [-0.25, -0.2) is 0 Å². The smallest absolute Gasteiger partial charge is 0.258 e. The Morgan fingerprint density at radius 3 is 2.68 bits per heavy atom. The summed E-state index contributed by atoms with van der Waals surface area (Å²) < 4.78 is 11.4. The first-order valence-electron chi connectivity index (χ1n) is 10.5. The first-order chi connectivity index (χ1) is 13.3. The number of benzene rings is 1. The van der Waals surface area contributed by atoms with Crippen molar-refractivity contribution in [2.45, 2.75) is 65.6 Å². The van der Waals surface area contributed by atoms with Crippen LogP contribution in [0.4, 0.5) is 0 Å². The Morgan fingerprint density at radius 1 is 1.21 bits per heavy atom. The predicted octanol–water partition coefficient (Wildman–Crippen LogP) is 2.95. The summed E-state index contributed by atoms with van der Waals surface area (Å²) in [6, 6.07) is 6.55. The van der Waals surface area contributed by atoms with Gasteiger partial charge in [0.15, 0.2) is 18.1 Å². The van der Waals surface area contributed by atoms with E-state index >= 15 is 0 Å². The Labute approximate surface area is 170 Å². The number of nitrogens with zero attached hydrogens (tertiary/aromatic N) is 1. The van der Waals surface area contributed by atoms with Gasteiger partial charge in [0.25, 0.3) is 5.91 Å². The van der Waals surface area contributed by atoms with Gasteiger partial charge in [0.1, 0.15) is 0 Å². The molecule has 1 aliphatic heterocycles. The van der Waals surface area contributed by atoms with Gasteiger partial charge < -0.3 is 20.1 Å². The zero-order chi connectivity index (χ0) is 20.6. The van der Waals surface area contributed by atoms with E-state index < -0.39 is 0 Å². The third-order valence-electron chi connectivity index (χ3n) is 4.80. The Bertz CT molecular complexity index is 628. The fraction of sp³-hybridized carbons (Fsp3) is 0.682. The molecule has 2 rings (SSSR count). The summed E-state index contributed by atoms with van der Waals surface area (Å²) in [4.78, 5) is 14.5. The van der Waals surface area contributed by atoms with E-state index in [1.165, 1.54) is 19.4 Å². The number of amides is 1. The van der Waals surface area contributed by atoms with E-state index in [0.29, 0.717) is 24.1 Å². The summed E-state index contributed by atoms with van der Waals surface area (Å²) in [5, 5.41) is 6.47. The summed E-state index contributed by atoms with van der Waals surface area (Å²) in [6.45, 7) is 14.7. The van der Waals surface area contributed by atoms with E-state index in [4.69, 9.17) is 9.47 Å². The number of carbonyl (C=O) groups is 1. The monoisotopic (exact) mass is 391 g/mol. The number of hydrogen-bond acceptors (Lipinski definition) is 5. The van der Waals surface area contributed by atoms with Crippen LogP contribution in [-0.2, 0) is 11.3 Å². The minimum atomic E-state index is -0.272. The van der Waals surface area contributed by atoms with Crippen LogP contribution >= 0.6 is 0 Å². The zero-order valence-electron chi connectivity index (χ0n) is 18.1. The summed E-state index contributed by atoms with van der Waals surface area (Å²) in [7, 11) is 0. The third kappa shape index (κ3) is 7.32. The van der Waals surface area contributed by atoms with Gasteiger partial charge in [0.2, 0.25) is 0 Å². The Balaban J connectivity index is 1.89. The zero-order valence-corrected chi connectivity index (χ0v) is 18.1. The van der Waals surface area contributed by atoms with Crippen LogP contribution in [-0.4, -0.2) is 55.2 Å². The molecule has 0 bridgehead atoms. The molecule has 0 aromatic heterocycles. The standard InChI is InChI=1S/C22H37N3O3/c1-6-25-12-8-9-18(25)15-23-14-17-10-11-19(20(13-17)27-7-2)28-16-21(26)24-22(3,4)5/h10-11,13,18,23H,6-9,12,14-16H2,1-5H3,(H,24,26)/t18-/m1/s1. The Morgan fingerprint density at radius 2 is 2.00 bits per heavy atom. The van der Waals surface area contributed by atoms with Crippen LogP contribution in [0.3, 0.4) is 0 Å². The van der Waals surface area contributed by atoms with Crippen molar-refractivity contribution < 1.29 is 14.3 Å². The number of ether oxygens (including phenoxy) is 2. The van der Waals surface area contributed by atoms with Gasteiger partial charge in [-0.1, -0.05) is 13.0 Å². The molecule has 1 aromatic carbocycles. The first kappa shape index (κ1) is 22.5. The van der Waals surface area contributed by atoms with Gasteiger partial charge in [-0.05, 0) is 71.3 Å². The van der Waals surface area contributed by atoms with Crippen molar-refractivity contribution in [2.75, 3.05) is 32.8 Å². The highest BCUT2D eigenvalue weighted by Crippen LogP contribution is 2.28. The maximum Gasteiger partial charge on any atom is 0.258 e. The molecule has 0 unspecified atom stereocenters. The largest absolute Gasteiger partial charge is 0.490 e. The van der Waals surface area contributed by atoms with Crippen molar-refractivity contribution in [1.82, 2.24) is 15.5 Å². The maximum absolute atomic E-state index is 12.0. The second-order valence-corrected chi connectivity index (χ2v) is 8.36. The van der Waals surface area contributed by atoms with E-state index in [9.17, 15) is 4.79 Å². The molecule has 0 spiro atoms. The van der Waals surface area contributed by atoms with Crippen LogP contribution < -0.4 is 20.1 Å². The Kier molecular flexibility index (Phi) is 8.58. The molecule has 6 heteroatoms. The lowest BCUT2D eigenvalue weighted by Gasteiger charge is -2.23. The molecule has 2 N–H and O–H groups in total. The molecule has 1 amide bonds. The molecule has 0 aliphatic carbocycles. The molecule has 1 saturated heterocycles. The lowest BCUT2D eigenvalue weighted by Crippen LogP contribution is -2.43. The normalized spacial score (nSPS) is 17.5. The van der Waals surface area contributed by atoms with E-state index in [1.807, 2.05) is 45.9 Å². The predicted molar refractivity (Wildman–Crippen MR) is 113 cm³/mol. The highest BCUT2D eigenvalue weighted by molar-refractivity contribution is 5.78. The van der Waals surface area contributed by atoms with Gasteiger partial charge in [-0.2, -0.15) is 0 Å². The second-order valence-electron chi connectivity index (χ2n) is 8.36. The summed E-state index contributed by atoms with van der Waals surface area (Å²) in [5.41, 5.74) is 0.877. The molecule has 1 heterocycles. The topological polar surface area (TPSA) is 62.8 Å². The molecule has 0 saturated carbocycles. The molecular formula is C22H37N3O3. The van der Waals surface area contributed by atoms with Crippen LogP contribution in [0.2, 0.25) is 0 Å². The number of hydrogen-bond donors (Lipinski definition) is 2. The van der Waals surface area contributed by atoms with E-state index in [0.717, 1.165) is 25.2 Å². The molecule has 1 aliphatic rings. The summed E-state index contributed by atoms with van der Waals surface area (Å²) in [5.74, 6) is 1.14. The lowest BCUT2D eigenvalue weighted by molar-refractivity contribution is -0.124. The van der Waals surface area contributed by atoms with Crippen molar-refractivity contribution in [3.8, 4) is 11.5 Å². The van der Waals surface area contributed by atoms with E-state index in [-0.39, 0.29) is 18.1 Å². The molecule has 1 aromatic rings. The van der Waals surface area contributed by atoms with E-state index in [1.54, 1.807) is 0 Å². The SMILES string of the molecule is CCOc1cc(CNC[C@H]2CCCN2CC)ccc1OCC(=O)NC(C)(C)C. The van der Waals surface area contributed by atoms with Gasteiger partial charge >= 0.3 is 0 Å². The fourth-order valence-electron chi connectivity index (χ4n) is 3.57. The maximum atomic E-state index is 12.0. The number of rotatable bonds is 10. The molecule has 6 nitrogen and oxygen atoms in total. The second kappa shape index (κ2) is 10.7. The number of likely N-dealkylation sites (tertiary alicyclic amines) is 1. The molecular weight excluding hydrogens is 354 g/mol. The van der Waals surface area contributed by atoms with Crippen LogP contribution in [0.1, 0.15) is 53.0 Å². The van der Waals surface area contributed by atoms with Gasteiger partial charge in [0, 0.05) is 24.7 Å². The molecule has 1 atom stereocenters. The minimum Gasteiger partial charge on any atom is -0.490 e. The number of carbonyl (C=O) groups excluding carboxylic acids is 1. The van der Waals surface area contributed by atoms with Crippen molar-refractivity contribution in [2.24, 2.45) is 0 Å². The molecule has 28 heavy (non-hydrogen) atoms. The fourth-order valence-corrected chi connectivity index (χ4v) is 3.57. The average Bonchev–Trinajstić information content (AvgIpc) is 3.07. The van der Waals surface area contributed by atoms with Crippen LogP contribution in [0.15, 0.2) is 18.2 Å². The highest BCUT2D eigenvalue weighted by Gasteiger charge is 2.22. The van der Waals surface area contributed by atoms with Crippen molar-refractivity contribution in [1.29, 1.82) is 0 Å². The van der Waals surface area contributed by atoms with Crippen LogP contribution in [0, 0.1) is 0 Å². The third-order valence-corrected chi connectivity index (χ3v) is 4.80. The van der Waals surface area contributed by atoms with Gasteiger partial charge in [-0.3, -0.25) is 9.69 Å². The van der Waals surface area contributed by atoms with E-state index in [2.05, 4.69) is 22.5 Å². The number of likely N-dealkylation sites (N-methyl/N-ethyl adjacent to an activating group) is 1. The highest BCUT2D eigenvalue weighted by atomic mass is 16.5. The van der Waals surface area contributed by atoms with Crippen LogP contribution in [0.5, 0.6) is 11.5 Å². The lowest BCUT2D eigenvalue weighted by atomic mass is 10.1. The Hall–Kier alpha value is -1.79. The molecule has 158 valence electrons. The summed E-state index contributed by atoms with van der Waals surface area (Å²) in [6.07, 6.45) is 2.57. The average molecular weight is 392 g/mol. The van der Waals surface area contributed by atoms with Crippen molar-refractivity contribution >= 4 is 5.91 Å². The van der Waals surface area contributed by atoms with Crippen molar-refractivity contribution in [3.05, 3.63) is 23.8 Å². The quantitative estimate of drug-likeness (QED) is 0.642. The molecule has 0 radical (unpaired) electrons. The van der Waals surface area contributed by atoms with Gasteiger partial charge in [0.05, 0.1) is 6.61 Å². The van der Waals surface area contributed by atoms with Crippen molar-refractivity contribution in [3.63, 3.8) is 0 Å². The summed E-state index contributed by atoms with van der Waals surface area (Å²) >= 11 is 0.